The van der Waals surface area contributed by atoms with Crippen molar-refractivity contribution < 1.29 is 4.74 Å². The first-order chi connectivity index (χ1) is 6.08. The van der Waals surface area contributed by atoms with Crippen LogP contribution < -0.4 is 0 Å². The van der Waals surface area contributed by atoms with Gasteiger partial charge in [0.25, 0.3) is 0 Å². The number of fused-ring (bicyclic) bond motifs is 2. The van der Waals surface area contributed by atoms with E-state index >= 15 is 0 Å². The molecule has 0 radical (unpaired) electrons. The van der Waals surface area contributed by atoms with Gasteiger partial charge in [0.2, 0.25) is 0 Å². The van der Waals surface area contributed by atoms with Gasteiger partial charge in [-0.2, -0.15) is 12.6 Å². The van der Waals surface area contributed by atoms with Crippen molar-refractivity contribution in [3.8, 4) is 0 Å². The van der Waals surface area contributed by atoms with Gasteiger partial charge in [-0.05, 0) is 36.3 Å². The summed E-state index contributed by atoms with van der Waals surface area (Å²) in [6.45, 7) is 4.81. The average molecular weight is 200 g/mol. The van der Waals surface area contributed by atoms with Crippen molar-refractivity contribution in [2.45, 2.75) is 39.2 Å². The first-order valence-electron chi connectivity index (χ1n) is 5.22. The molecular formula is C11H20OS. The fourth-order valence-electron chi connectivity index (χ4n) is 3.70. The van der Waals surface area contributed by atoms with E-state index in [4.69, 9.17) is 4.74 Å². The van der Waals surface area contributed by atoms with Crippen LogP contribution in [0.2, 0.25) is 0 Å². The number of ether oxygens (including phenoxy) is 1. The van der Waals surface area contributed by atoms with Crippen LogP contribution in [0, 0.1) is 16.7 Å². The molecule has 2 bridgehead atoms. The summed E-state index contributed by atoms with van der Waals surface area (Å²) in [6, 6.07) is 0. The molecule has 0 aromatic rings. The normalized spacial score (nSPS) is 47.1. The Bertz CT molecular complexity index is 214. The number of hydrogen-bond donors (Lipinski definition) is 1. The third-order valence-electron chi connectivity index (χ3n) is 4.92. The Kier molecular flexibility index (Phi) is 2.20. The van der Waals surface area contributed by atoms with Crippen molar-refractivity contribution in [2.75, 3.05) is 12.9 Å². The van der Waals surface area contributed by atoms with Crippen LogP contribution in [0.3, 0.4) is 0 Å². The number of thiol groups is 1. The molecule has 0 heterocycles. The molecule has 0 aromatic heterocycles. The first-order valence-corrected chi connectivity index (χ1v) is 5.85. The van der Waals surface area contributed by atoms with Crippen LogP contribution in [0.15, 0.2) is 0 Å². The van der Waals surface area contributed by atoms with Crippen LogP contribution in [-0.4, -0.2) is 19.0 Å². The van der Waals surface area contributed by atoms with Crippen LogP contribution in [-0.2, 0) is 4.74 Å². The van der Waals surface area contributed by atoms with E-state index in [1.54, 1.807) is 0 Å². The van der Waals surface area contributed by atoms with E-state index in [2.05, 4.69) is 26.5 Å². The van der Waals surface area contributed by atoms with Gasteiger partial charge in [-0.25, -0.2) is 0 Å². The maximum Gasteiger partial charge on any atom is 0.0643 e. The topological polar surface area (TPSA) is 9.23 Å². The second-order valence-electron chi connectivity index (χ2n) is 5.23. The zero-order valence-corrected chi connectivity index (χ0v) is 9.73. The van der Waals surface area contributed by atoms with Crippen molar-refractivity contribution in [3.05, 3.63) is 0 Å². The van der Waals surface area contributed by atoms with E-state index in [1.807, 2.05) is 7.11 Å². The van der Waals surface area contributed by atoms with Gasteiger partial charge in [-0.15, -0.1) is 0 Å². The van der Waals surface area contributed by atoms with Crippen molar-refractivity contribution in [1.82, 2.24) is 0 Å². The highest BCUT2D eigenvalue weighted by atomic mass is 32.1. The van der Waals surface area contributed by atoms with Gasteiger partial charge in [0.1, 0.15) is 0 Å². The van der Waals surface area contributed by atoms with Gasteiger partial charge in [0, 0.05) is 12.5 Å². The van der Waals surface area contributed by atoms with Crippen LogP contribution >= 0.6 is 12.6 Å². The Morgan fingerprint density at radius 1 is 1.46 bits per heavy atom. The lowest BCUT2D eigenvalue weighted by Crippen LogP contribution is -2.41. The van der Waals surface area contributed by atoms with Gasteiger partial charge >= 0.3 is 0 Å². The Morgan fingerprint density at radius 3 is 2.54 bits per heavy atom. The minimum atomic E-state index is 0.357. The maximum atomic E-state index is 5.63. The third kappa shape index (κ3) is 0.992. The summed E-state index contributed by atoms with van der Waals surface area (Å²) in [5, 5.41) is 0. The fraction of sp³-hybridized carbons (Fsp3) is 1.00. The van der Waals surface area contributed by atoms with Crippen molar-refractivity contribution in [2.24, 2.45) is 16.7 Å². The molecule has 0 aromatic carbocycles. The van der Waals surface area contributed by atoms with Crippen LogP contribution in [0.25, 0.3) is 0 Å². The highest BCUT2D eigenvalue weighted by molar-refractivity contribution is 7.80. The minimum Gasteiger partial charge on any atom is -0.381 e. The molecule has 0 N–H and O–H groups in total. The lowest BCUT2D eigenvalue weighted by Gasteiger charge is -2.40. The molecule has 13 heavy (non-hydrogen) atoms. The van der Waals surface area contributed by atoms with E-state index in [9.17, 15) is 0 Å². The second-order valence-corrected chi connectivity index (χ2v) is 5.55. The third-order valence-corrected chi connectivity index (χ3v) is 5.49. The van der Waals surface area contributed by atoms with Crippen molar-refractivity contribution in [3.63, 3.8) is 0 Å². The van der Waals surface area contributed by atoms with E-state index in [0.29, 0.717) is 16.9 Å². The van der Waals surface area contributed by atoms with Crippen LogP contribution in [0.4, 0.5) is 0 Å². The summed E-state index contributed by atoms with van der Waals surface area (Å²) in [5.74, 6) is 1.85. The van der Waals surface area contributed by atoms with Gasteiger partial charge in [-0.1, -0.05) is 13.8 Å². The Hall–Kier alpha value is 0.310. The zero-order valence-electron chi connectivity index (χ0n) is 8.84. The number of hydrogen-bond acceptors (Lipinski definition) is 2. The summed E-state index contributed by atoms with van der Waals surface area (Å²) >= 11 is 4.55. The van der Waals surface area contributed by atoms with Gasteiger partial charge in [0.05, 0.1) is 6.10 Å². The number of methoxy groups -OCH3 is 1. The molecule has 0 amide bonds. The predicted octanol–water partition coefficient (Wildman–Crippen LogP) is 2.76. The molecule has 1 nitrogen and oxygen atoms in total. The van der Waals surface area contributed by atoms with Gasteiger partial charge < -0.3 is 4.74 Å². The Labute approximate surface area is 86.6 Å². The summed E-state index contributed by atoms with van der Waals surface area (Å²) in [5.41, 5.74) is 0.797. The molecule has 76 valence electrons. The van der Waals surface area contributed by atoms with Gasteiger partial charge in [0.15, 0.2) is 0 Å². The molecule has 2 saturated carbocycles. The summed E-state index contributed by atoms with van der Waals surface area (Å²) < 4.78 is 5.63. The smallest absolute Gasteiger partial charge is 0.0643 e. The lowest BCUT2D eigenvalue weighted by molar-refractivity contribution is -0.0164. The first kappa shape index (κ1) is 9.85. The minimum absolute atomic E-state index is 0.357. The Balaban J connectivity index is 2.35. The van der Waals surface area contributed by atoms with Crippen LogP contribution in [0.5, 0.6) is 0 Å². The molecule has 0 saturated heterocycles. The monoisotopic (exact) mass is 200 g/mol. The van der Waals surface area contributed by atoms with Crippen LogP contribution in [0.1, 0.15) is 33.1 Å². The van der Waals surface area contributed by atoms with E-state index in [1.165, 1.54) is 19.3 Å². The van der Waals surface area contributed by atoms with E-state index < -0.39 is 0 Å². The second kappa shape index (κ2) is 2.90. The SMILES string of the molecule is CO[C@@H]1C[C@H]2CC[C@]1(CS)C2(C)C. The number of rotatable bonds is 2. The standard InChI is InChI=1S/C11H20OS/c1-10(2)8-4-5-11(10,7-13)9(6-8)12-3/h8-9,13H,4-7H2,1-3H3/t8-,9-,11-/m1/s1. The predicted molar refractivity (Wildman–Crippen MR) is 58.2 cm³/mol. The molecule has 0 aliphatic heterocycles. The molecule has 2 heteroatoms. The molecule has 2 fully saturated rings. The molecule has 2 rings (SSSR count). The van der Waals surface area contributed by atoms with Crippen molar-refractivity contribution >= 4 is 12.6 Å². The summed E-state index contributed by atoms with van der Waals surface area (Å²) in [7, 11) is 1.85. The Morgan fingerprint density at radius 2 is 2.15 bits per heavy atom. The molecule has 3 atom stereocenters. The molecule has 2 aliphatic rings. The molecule has 2 aliphatic carbocycles. The maximum absolute atomic E-state index is 5.63. The molecular weight excluding hydrogens is 180 g/mol. The summed E-state index contributed by atoms with van der Waals surface area (Å²) in [6.07, 6.45) is 4.41. The van der Waals surface area contributed by atoms with Gasteiger partial charge in [-0.3, -0.25) is 0 Å². The largest absolute Gasteiger partial charge is 0.381 e. The lowest BCUT2D eigenvalue weighted by atomic mass is 9.69. The van der Waals surface area contributed by atoms with Crippen molar-refractivity contribution in [1.29, 1.82) is 0 Å². The molecule has 0 spiro atoms. The van der Waals surface area contributed by atoms with E-state index in [0.717, 1.165) is 11.7 Å². The quantitative estimate of drug-likeness (QED) is 0.674. The van der Waals surface area contributed by atoms with E-state index in [-0.39, 0.29) is 0 Å². The highest BCUT2D eigenvalue weighted by Crippen LogP contribution is 2.66. The highest BCUT2D eigenvalue weighted by Gasteiger charge is 2.63. The summed E-state index contributed by atoms with van der Waals surface area (Å²) in [4.78, 5) is 0. The average Bonchev–Trinajstić information content (AvgIpc) is 2.50. The molecule has 0 unspecified atom stereocenters. The fourth-order valence-corrected chi connectivity index (χ4v) is 4.47. The zero-order chi connectivity index (χ0) is 9.69.